The number of aliphatic hydroxyl groups excluding tert-OH is 1. The third kappa shape index (κ3) is 3.23. The maximum absolute atomic E-state index is 11.7. The van der Waals surface area contributed by atoms with E-state index in [0.717, 1.165) is 45.2 Å². The number of piperidine rings is 1. The lowest BCUT2D eigenvalue weighted by Crippen LogP contribution is -2.49. The van der Waals surface area contributed by atoms with Gasteiger partial charge in [0.25, 0.3) is 0 Å². The number of aliphatic hydroxyl groups is 1. The third-order valence-corrected chi connectivity index (χ3v) is 4.31. The summed E-state index contributed by atoms with van der Waals surface area (Å²) >= 11 is 0. The number of esters is 1. The average molecular weight is 255 g/mol. The Balaban J connectivity index is 1.80. The molecule has 0 bridgehead atoms. The topological polar surface area (TPSA) is 49.8 Å². The van der Waals surface area contributed by atoms with Crippen molar-refractivity contribution < 1.29 is 14.6 Å². The number of nitrogens with zero attached hydrogens (tertiary/aromatic N) is 1. The molecule has 0 spiro atoms. The molecule has 104 valence electrons. The first kappa shape index (κ1) is 13.8. The lowest BCUT2D eigenvalue weighted by Gasteiger charge is -2.41. The van der Waals surface area contributed by atoms with Crippen LogP contribution in [0.4, 0.5) is 0 Å². The van der Waals surface area contributed by atoms with Crippen LogP contribution in [0.1, 0.15) is 45.4 Å². The zero-order valence-corrected chi connectivity index (χ0v) is 11.3. The Labute approximate surface area is 109 Å². The predicted molar refractivity (Wildman–Crippen MR) is 69.2 cm³/mol. The number of carbonyl (C=O) groups is 1. The molecule has 2 fully saturated rings. The van der Waals surface area contributed by atoms with Crippen molar-refractivity contribution in [3.8, 4) is 0 Å². The summed E-state index contributed by atoms with van der Waals surface area (Å²) in [5.74, 6) is 0.0308. The maximum Gasteiger partial charge on any atom is 0.309 e. The van der Waals surface area contributed by atoms with Gasteiger partial charge in [-0.1, -0.05) is 12.8 Å². The van der Waals surface area contributed by atoms with Crippen molar-refractivity contribution in [2.75, 3.05) is 19.7 Å². The van der Waals surface area contributed by atoms with E-state index < -0.39 is 0 Å². The molecule has 0 aromatic carbocycles. The summed E-state index contributed by atoms with van der Waals surface area (Å²) in [6.07, 6.45) is 5.99. The molecule has 0 unspecified atom stereocenters. The number of carbonyl (C=O) groups excluding carboxylic acids is 1. The Kier molecular flexibility index (Phi) is 5.01. The number of hydrogen-bond donors (Lipinski definition) is 1. The van der Waals surface area contributed by atoms with Gasteiger partial charge in [-0.15, -0.1) is 0 Å². The molecule has 0 radical (unpaired) electrons. The lowest BCUT2D eigenvalue weighted by atomic mass is 9.88. The van der Waals surface area contributed by atoms with Gasteiger partial charge in [0.05, 0.1) is 18.6 Å². The lowest BCUT2D eigenvalue weighted by molar-refractivity contribution is -0.150. The number of likely N-dealkylation sites (tertiary alicyclic amines) is 1. The molecule has 2 aliphatic rings. The Morgan fingerprint density at radius 3 is 2.50 bits per heavy atom. The van der Waals surface area contributed by atoms with E-state index in [0.29, 0.717) is 12.6 Å². The second kappa shape index (κ2) is 6.53. The van der Waals surface area contributed by atoms with Crippen LogP contribution in [0.2, 0.25) is 0 Å². The van der Waals surface area contributed by atoms with Gasteiger partial charge in [-0.3, -0.25) is 9.69 Å². The minimum Gasteiger partial charge on any atom is -0.466 e. The highest BCUT2D eigenvalue weighted by Crippen LogP contribution is 2.27. The van der Waals surface area contributed by atoms with E-state index in [2.05, 4.69) is 4.90 Å². The Bertz CT molecular complexity index is 274. The van der Waals surface area contributed by atoms with Gasteiger partial charge in [-0.25, -0.2) is 0 Å². The minimum absolute atomic E-state index is 0.0404. The molecule has 2 atom stereocenters. The summed E-state index contributed by atoms with van der Waals surface area (Å²) in [4.78, 5) is 14.0. The Hall–Kier alpha value is -0.610. The van der Waals surface area contributed by atoms with Gasteiger partial charge in [0.1, 0.15) is 0 Å². The van der Waals surface area contributed by atoms with Crippen LogP contribution in [-0.2, 0) is 9.53 Å². The largest absolute Gasteiger partial charge is 0.466 e. The van der Waals surface area contributed by atoms with Crippen molar-refractivity contribution in [3.63, 3.8) is 0 Å². The molecule has 1 aliphatic carbocycles. The minimum atomic E-state index is -0.169. The smallest absolute Gasteiger partial charge is 0.309 e. The summed E-state index contributed by atoms with van der Waals surface area (Å²) < 4.78 is 5.08. The first-order valence-corrected chi connectivity index (χ1v) is 7.31. The second-order valence-corrected chi connectivity index (χ2v) is 5.48. The van der Waals surface area contributed by atoms with E-state index in [1.165, 1.54) is 6.42 Å². The monoisotopic (exact) mass is 255 g/mol. The molecule has 2 rings (SSSR count). The molecule has 4 nitrogen and oxygen atoms in total. The van der Waals surface area contributed by atoms with Gasteiger partial charge >= 0.3 is 5.97 Å². The fourth-order valence-corrected chi connectivity index (χ4v) is 3.24. The highest BCUT2D eigenvalue weighted by molar-refractivity contribution is 5.72. The average Bonchev–Trinajstić information content (AvgIpc) is 2.40. The van der Waals surface area contributed by atoms with Crippen LogP contribution < -0.4 is 0 Å². The van der Waals surface area contributed by atoms with Crippen LogP contribution in [0, 0.1) is 5.92 Å². The molecular weight excluding hydrogens is 230 g/mol. The van der Waals surface area contributed by atoms with Crippen LogP contribution >= 0.6 is 0 Å². The highest BCUT2D eigenvalue weighted by Gasteiger charge is 2.33. The normalized spacial score (nSPS) is 31.2. The molecule has 4 heteroatoms. The standard InChI is InChI=1S/C14H25NO3/c1-2-18-14(17)11-7-9-15(10-8-11)12-5-3-4-6-13(12)16/h11-13,16H,2-10H2,1H3/t12-,13-/m1/s1. The zero-order valence-electron chi connectivity index (χ0n) is 11.3. The van der Waals surface area contributed by atoms with Crippen molar-refractivity contribution in [3.05, 3.63) is 0 Å². The first-order valence-electron chi connectivity index (χ1n) is 7.31. The molecule has 18 heavy (non-hydrogen) atoms. The Morgan fingerprint density at radius 2 is 1.89 bits per heavy atom. The number of ether oxygens (including phenoxy) is 1. The summed E-state index contributed by atoms with van der Waals surface area (Å²) in [6.45, 7) is 4.17. The van der Waals surface area contributed by atoms with Gasteiger partial charge in [0.15, 0.2) is 0 Å². The third-order valence-electron chi connectivity index (χ3n) is 4.31. The van der Waals surface area contributed by atoms with E-state index >= 15 is 0 Å². The van der Waals surface area contributed by atoms with Gasteiger partial charge in [0.2, 0.25) is 0 Å². The zero-order chi connectivity index (χ0) is 13.0. The van der Waals surface area contributed by atoms with Crippen molar-refractivity contribution in [1.29, 1.82) is 0 Å². The summed E-state index contributed by atoms with van der Waals surface area (Å²) in [5.41, 5.74) is 0. The molecule has 0 aromatic heterocycles. The highest BCUT2D eigenvalue weighted by atomic mass is 16.5. The van der Waals surface area contributed by atoms with Gasteiger partial charge in [-0.05, 0) is 45.7 Å². The van der Waals surface area contributed by atoms with E-state index in [9.17, 15) is 9.90 Å². The van der Waals surface area contributed by atoms with Crippen LogP contribution in [-0.4, -0.2) is 47.8 Å². The van der Waals surface area contributed by atoms with E-state index in [4.69, 9.17) is 4.74 Å². The number of rotatable bonds is 3. The molecule has 1 saturated heterocycles. The molecule has 1 N–H and O–H groups in total. The molecule has 1 saturated carbocycles. The second-order valence-electron chi connectivity index (χ2n) is 5.48. The van der Waals surface area contributed by atoms with Crippen LogP contribution in [0.15, 0.2) is 0 Å². The summed E-state index contributed by atoms with van der Waals surface area (Å²) in [6, 6.07) is 0.321. The van der Waals surface area contributed by atoms with E-state index in [1.54, 1.807) is 0 Å². The van der Waals surface area contributed by atoms with Crippen LogP contribution in [0.25, 0.3) is 0 Å². The number of hydrogen-bond acceptors (Lipinski definition) is 4. The predicted octanol–water partition coefficient (Wildman–Crippen LogP) is 1.56. The summed E-state index contributed by atoms with van der Waals surface area (Å²) in [5, 5.41) is 10.0. The van der Waals surface area contributed by atoms with Crippen LogP contribution in [0.5, 0.6) is 0 Å². The van der Waals surface area contributed by atoms with Gasteiger partial charge in [0, 0.05) is 6.04 Å². The molecule has 0 aromatic rings. The van der Waals surface area contributed by atoms with Crippen molar-refractivity contribution in [2.45, 2.75) is 57.6 Å². The molecule has 0 amide bonds. The van der Waals surface area contributed by atoms with Crippen LogP contribution in [0.3, 0.4) is 0 Å². The SMILES string of the molecule is CCOC(=O)C1CCN([C@@H]2CCCC[C@H]2O)CC1. The summed E-state index contributed by atoms with van der Waals surface area (Å²) in [7, 11) is 0. The first-order chi connectivity index (χ1) is 8.72. The van der Waals surface area contributed by atoms with Crippen molar-refractivity contribution in [1.82, 2.24) is 4.90 Å². The maximum atomic E-state index is 11.7. The quantitative estimate of drug-likeness (QED) is 0.778. The fourth-order valence-electron chi connectivity index (χ4n) is 3.24. The van der Waals surface area contributed by atoms with Gasteiger partial charge in [-0.2, -0.15) is 0 Å². The fraction of sp³-hybridized carbons (Fsp3) is 0.929. The Morgan fingerprint density at radius 1 is 1.22 bits per heavy atom. The molecule has 1 heterocycles. The van der Waals surface area contributed by atoms with Crippen molar-refractivity contribution >= 4 is 5.97 Å². The van der Waals surface area contributed by atoms with Gasteiger partial charge < -0.3 is 9.84 Å². The molecular formula is C14H25NO3. The molecule has 1 aliphatic heterocycles. The van der Waals surface area contributed by atoms with Crippen molar-refractivity contribution in [2.24, 2.45) is 5.92 Å². The van der Waals surface area contributed by atoms with E-state index in [-0.39, 0.29) is 18.0 Å². The van der Waals surface area contributed by atoms with E-state index in [1.807, 2.05) is 6.92 Å².